The van der Waals surface area contributed by atoms with Crippen molar-refractivity contribution in [1.29, 1.82) is 0 Å². The highest BCUT2D eigenvalue weighted by Gasteiger charge is 2.32. The van der Waals surface area contributed by atoms with Crippen LogP contribution in [0, 0.1) is 0 Å². The van der Waals surface area contributed by atoms with E-state index in [2.05, 4.69) is 10.4 Å². The number of amides is 2. The average molecular weight is 301 g/mol. The summed E-state index contributed by atoms with van der Waals surface area (Å²) >= 11 is 0. The van der Waals surface area contributed by atoms with E-state index < -0.39 is 23.6 Å². The molecule has 1 rings (SSSR count). The third-order valence-electron chi connectivity index (χ3n) is 2.38. The predicted molar refractivity (Wildman–Crippen MR) is 70.5 cm³/mol. The van der Waals surface area contributed by atoms with E-state index in [1.165, 1.54) is 18.2 Å². The molecule has 1 aromatic rings. The third kappa shape index (κ3) is 5.25. The van der Waals surface area contributed by atoms with Gasteiger partial charge in [0.25, 0.3) is 0 Å². The quantitative estimate of drug-likeness (QED) is 0.504. The zero-order valence-corrected chi connectivity index (χ0v) is 11.2. The standard InChI is InChI=1S/C13H14F3N3O2/c1-2-7-17-11(20)12(21)19-18-8-9-5-3-4-6-10(9)13(14,15)16/h3-6,8H,2,7H2,1H3,(H,17,20)(H,19,21). The Kier molecular flexibility index (Phi) is 5.89. The molecular weight excluding hydrogens is 287 g/mol. The van der Waals surface area contributed by atoms with Gasteiger partial charge in [-0.25, -0.2) is 5.43 Å². The number of carbonyl (C=O) groups is 2. The lowest BCUT2D eigenvalue weighted by Gasteiger charge is -2.09. The van der Waals surface area contributed by atoms with E-state index in [9.17, 15) is 22.8 Å². The fourth-order valence-corrected chi connectivity index (χ4v) is 1.40. The largest absolute Gasteiger partial charge is 0.417 e. The van der Waals surface area contributed by atoms with Gasteiger partial charge in [0.05, 0.1) is 11.8 Å². The number of halogens is 3. The van der Waals surface area contributed by atoms with Gasteiger partial charge in [-0.3, -0.25) is 9.59 Å². The highest BCUT2D eigenvalue weighted by Crippen LogP contribution is 2.30. The molecule has 0 aliphatic heterocycles. The molecule has 0 saturated carbocycles. The van der Waals surface area contributed by atoms with E-state index in [1.54, 1.807) is 0 Å². The van der Waals surface area contributed by atoms with E-state index in [0.29, 0.717) is 13.0 Å². The van der Waals surface area contributed by atoms with Gasteiger partial charge in [-0.15, -0.1) is 0 Å². The summed E-state index contributed by atoms with van der Waals surface area (Å²) in [5.41, 5.74) is 0.784. The topological polar surface area (TPSA) is 70.6 Å². The van der Waals surface area contributed by atoms with Crippen LogP contribution in [-0.2, 0) is 15.8 Å². The molecule has 2 N–H and O–H groups in total. The van der Waals surface area contributed by atoms with Crippen LogP contribution in [0.2, 0.25) is 0 Å². The summed E-state index contributed by atoms with van der Waals surface area (Å²) in [6, 6.07) is 4.76. The Labute approximate surface area is 119 Å². The van der Waals surface area contributed by atoms with Gasteiger partial charge in [-0.1, -0.05) is 25.1 Å². The van der Waals surface area contributed by atoms with Crippen LogP contribution in [0.25, 0.3) is 0 Å². The van der Waals surface area contributed by atoms with Crippen LogP contribution >= 0.6 is 0 Å². The zero-order chi connectivity index (χ0) is 15.9. The van der Waals surface area contributed by atoms with Gasteiger partial charge in [0.1, 0.15) is 0 Å². The number of nitrogens with one attached hydrogen (secondary N) is 2. The Bertz CT molecular complexity index is 542. The van der Waals surface area contributed by atoms with Crippen LogP contribution in [0.5, 0.6) is 0 Å². The van der Waals surface area contributed by atoms with Crippen molar-refractivity contribution in [1.82, 2.24) is 10.7 Å². The Morgan fingerprint density at radius 1 is 1.24 bits per heavy atom. The smallest absolute Gasteiger partial charge is 0.348 e. The normalized spacial score (nSPS) is 11.4. The Hall–Kier alpha value is -2.38. The molecule has 0 saturated heterocycles. The summed E-state index contributed by atoms with van der Waals surface area (Å²) in [6.07, 6.45) is -3.03. The molecule has 0 aliphatic carbocycles. The first kappa shape index (κ1) is 16.7. The lowest BCUT2D eigenvalue weighted by atomic mass is 10.1. The van der Waals surface area contributed by atoms with Gasteiger partial charge in [-0.2, -0.15) is 18.3 Å². The van der Waals surface area contributed by atoms with Crippen LogP contribution in [-0.4, -0.2) is 24.6 Å². The maximum atomic E-state index is 12.7. The molecule has 0 spiro atoms. The van der Waals surface area contributed by atoms with Crippen molar-refractivity contribution < 1.29 is 22.8 Å². The first-order valence-corrected chi connectivity index (χ1v) is 6.13. The highest BCUT2D eigenvalue weighted by atomic mass is 19.4. The molecule has 114 valence electrons. The summed E-state index contributed by atoms with van der Waals surface area (Å²) < 4.78 is 38.1. The molecule has 0 fully saturated rings. The summed E-state index contributed by atoms with van der Waals surface area (Å²) in [5.74, 6) is -1.93. The van der Waals surface area contributed by atoms with Crippen molar-refractivity contribution in [2.75, 3.05) is 6.54 Å². The van der Waals surface area contributed by atoms with Crippen LogP contribution in [0.15, 0.2) is 29.4 Å². The fraction of sp³-hybridized carbons (Fsp3) is 0.308. The van der Waals surface area contributed by atoms with E-state index >= 15 is 0 Å². The Morgan fingerprint density at radius 2 is 1.90 bits per heavy atom. The summed E-state index contributed by atoms with van der Waals surface area (Å²) in [6.45, 7) is 2.14. The molecule has 0 aliphatic rings. The maximum Gasteiger partial charge on any atom is 0.417 e. The predicted octanol–water partition coefficient (Wildman–Crippen LogP) is 1.68. The lowest BCUT2D eigenvalue weighted by Crippen LogP contribution is -2.38. The number of nitrogens with zero attached hydrogens (tertiary/aromatic N) is 1. The van der Waals surface area contributed by atoms with Crippen LogP contribution in [0.3, 0.4) is 0 Å². The molecule has 0 aromatic heterocycles. The van der Waals surface area contributed by atoms with Crippen molar-refractivity contribution >= 4 is 18.0 Å². The number of benzene rings is 1. The second kappa shape index (κ2) is 7.41. The second-order valence-corrected chi connectivity index (χ2v) is 4.04. The lowest BCUT2D eigenvalue weighted by molar-refractivity contribution is -0.139. The van der Waals surface area contributed by atoms with Crippen LogP contribution in [0.1, 0.15) is 24.5 Å². The minimum atomic E-state index is -4.52. The number of rotatable bonds is 4. The number of hydrazone groups is 1. The maximum absolute atomic E-state index is 12.7. The molecule has 1 aromatic carbocycles. The third-order valence-corrected chi connectivity index (χ3v) is 2.38. The van der Waals surface area contributed by atoms with Crippen molar-refractivity contribution in [2.24, 2.45) is 5.10 Å². The van der Waals surface area contributed by atoms with Crippen molar-refractivity contribution in [3.8, 4) is 0 Å². The molecule has 8 heteroatoms. The van der Waals surface area contributed by atoms with Gasteiger partial charge in [0.15, 0.2) is 0 Å². The summed E-state index contributed by atoms with van der Waals surface area (Å²) in [5, 5.41) is 5.67. The molecule has 5 nitrogen and oxygen atoms in total. The Balaban J connectivity index is 2.70. The SMILES string of the molecule is CCCNC(=O)C(=O)NN=Cc1ccccc1C(F)(F)F. The van der Waals surface area contributed by atoms with Gasteiger partial charge in [0.2, 0.25) is 0 Å². The van der Waals surface area contributed by atoms with Gasteiger partial charge >= 0.3 is 18.0 Å². The monoisotopic (exact) mass is 301 g/mol. The first-order valence-electron chi connectivity index (χ1n) is 6.13. The molecule has 21 heavy (non-hydrogen) atoms. The molecular formula is C13H14F3N3O2. The summed E-state index contributed by atoms with van der Waals surface area (Å²) in [7, 11) is 0. The van der Waals surface area contributed by atoms with Crippen molar-refractivity contribution in [3.63, 3.8) is 0 Å². The minimum absolute atomic E-state index is 0.209. The fourth-order valence-electron chi connectivity index (χ4n) is 1.40. The molecule has 0 unspecified atom stereocenters. The summed E-state index contributed by atoms with van der Waals surface area (Å²) in [4.78, 5) is 22.5. The zero-order valence-electron chi connectivity index (χ0n) is 11.2. The van der Waals surface area contributed by atoms with Gasteiger partial charge < -0.3 is 5.32 Å². The van der Waals surface area contributed by atoms with E-state index in [1.807, 2.05) is 12.3 Å². The number of alkyl halides is 3. The number of carbonyl (C=O) groups excluding carboxylic acids is 2. The number of hydrogen-bond acceptors (Lipinski definition) is 3. The molecule has 2 amide bonds. The van der Waals surface area contributed by atoms with Gasteiger partial charge in [-0.05, 0) is 12.5 Å². The molecule has 0 radical (unpaired) electrons. The van der Waals surface area contributed by atoms with Crippen LogP contribution in [0.4, 0.5) is 13.2 Å². The molecule has 0 bridgehead atoms. The van der Waals surface area contributed by atoms with Crippen LogP contribution < -0.4 is 10.7 Å². The number of hydrogen-bond donors (Lipinski definition) is 2. The van der Waals surface area contributed by atoms with E-state index in [-0.39, 0.29) is 5.56 Å². The second-order valence-electron chi connectivity index (χ2n) is 4.04. The molecule has 0 atom stereocenters. The highest BCUT2D eigenvalue weighted by molar-refractivity contribution is 6.35. The molecule has 0 heterocycles. The van der Waals surface area contributed by atoms with E-state index in [0.717, 1.165) is 12.3 Å². The average Bonchev–Trinajstić information content (AvgIpc) is 2.44. The van der Waals surface area contributed by atoms with E-state index in [4.69, 9.17) is 0 Å². The first-order chi connectivity index (χ1) is 9.86. The minimum Gasteiger partial charge on any atom is -0.348 e. The van der Waals surface area contributed by atoms with Crippen molar-refractivity contribution in [2.45, 2.75) is 19.5 Å². The van der Waals surface area contributed by atoms with Gasteiger partial charge in [0, 0.05) is 12.1 Å². The Morgan fingerprint density at radius 3 is 2.52 bits per heavy atom. The van der Waals surface area contributed by atoms with Crippen molar-refractivity contribution in [3.05, 3.63) is 35.4 Å².